The van der Waals surface area contributed by atoms with Gasteiger partial charge in [0.1, 0.15) is 0 Å². The monoisotopic (exact) mass is 368 g/mol. The summed E-state index contributed by atoms with van der Waals surface area (Å²) >= 11 is 0. The molecule has 0 heterocycles. The lowest BCUT2D eigenvalue weighted by atomic mass is 10.0. The molecule has 0 aromatic rings. The largest absolute Gasteiger partial charge is 0.481 e. The first kappa shape index (κ1) is 32.4. The van der Waals surface area contributed by atoms with E-state index in [1.807, 2.05) is 0 Å². The van der Waals surface area contributed by atoms with Crippen molar-refractivity contribution in [1.82, 2.24) is 0 Å². The van der Waals surface area contributed by atoms with Crippen molar-refractivity contribution in [2.45, 2.75) is 104 Å². The van der Waals surface area contributed by atoms with Crippen LogP contribution in [0, 0.1) is 5.92 Å². The standard InChI is InChI=1S/C18H36O2.3C2H4/c1-17(2)15-13-11-9-7-5-3-4-6-8-10-12-14-16-18(19)20;3*1-2/h17H,3-16H2,1-2H3,(H,19,20);3*1-2H2. The Bertz CT molecular complexity index is 244. The molecule has 0 rings (SSSR count). The summed E-state index contributed by atoms with van der Waals surface area (Å²) in [5.74, 6) is 0.212. The quantitative estimate of drug-likeness (QED) is 0.232. The van der Waals surface area contributed by atoms with Gasteiger partial charge in [0.25, 0.3) is 0 Å². The van der Waals surface area contributed by atoms with E-state index in [9.17, 15) is 4.79 Å². The first-order chi connectivity index (χ1) is 12.6. The van der Waals surface area contributed by atoms with E-state index in [-0.39, 0.29) is 0 Å². The highest BCUT2D eigenvalue weighted by atomic mass is 16.4. The van der Waals surface area contributed by atoms with Gasteiger partial charge in [0, 0.05) is 6.42 Å². The van der Waals surface area contributed by atoms with Crippen molar-refractivity contribution in [3.63, 3.8) is 0 Å². The molecular formula is C24H48O2. The zero-order valence-corrected chi connectivity index (χ0v) is 18.1. The Morgan fingerprint density at radius 1 is 0.615 bits per heavy atom. The Morgan fingerprint density at radius 2 is 0.885 bits per heavy atom. The van der Waals surface area contributed by atoms with Crippen molar-refractivity contribution in [3.05, 3.63) is 39.5 Å². The van der Waals surface area contributed by atoms with E-state index in [4.69, 9.17) is 5.11 Å². The van der Waals surface area contributed by atoms with E-state index in [1.165, 1.54) is 70.6 Å². The third-order valence-corrected chi connectivity index (χ3v) is 3.92. The number of hydrogen-bond acceptors (Lipinski definition) is 1. The molecule has 0 bridgehead atoms. The molecule has 2 heteroatoms. The van der Waals surface area contributed by atoms with Gasteiger partial charge in [-0.05, 0) is 12.3 Å². The Morgan fingerprint density at radius 3 is 1.15 bits per heavy atom. The second-order valence-electron chi connectivity index (χ2n) is 6.57. The van der Waals surface area contributed by atoms with Crippen LogP contribution in [-0.2, 0) is 4.79 Å². The first-order valence-electron chi connectivity index (χ1n) is 10.3. The van der Waals surface area contributed by atoms with Crippen LogP contribution in [0.4, 0.5) is 0 Å². The van der Waals surface area contributed by atoms with Crippen LogP contribution < -0.4 is 0 Å². The van der Waals surface area contributed by atoms with Gasteiger partial charge in [0.15, 0.2) is 0 Å². The number of unbranched alkanes of at least 4 members (excludes halogenated alkanes) is 11. The Labute approximate surface area is 165 Å². The van der Waals surface area contributed by atoms with Crippen molar-refractivity contribution in [2.75, 3.05) is 0 Å². The van der Waals surface area contributed by atoms with Crippen LogP contribution in [0.1, 0.15) is 104 Å². The number of aliphatic carboxylic acids is 1. The van der Waals surface area contributed by atoms with E-state index in [2.05, 4.69) is 53.3 Å². The molecule has 0 aliphatic rings. The Balaban J connectivity index is -0.000000362. The summed E-state index contributed by atoms with van der Waals surface area (Å²) in [6, 6.07) is 0. The van der Waals surface area contributed by atoms with Gasteiger partial charge in [-0.25, -0.2) is 0 Å². The summed E-state index contributed by atoms with van der Waals surface area (Å²) in [5.41, 5.74) is 0. The summed E-state index contributed by atoms with van der Waals surface area (Å²) in [4.78, 5) is 10.3. The van der Waals surface area contributed by atoms with Crippen LogP contribution in [0.15, 0.2) is 39.5 Å². The molecule has 0 radical (unpaired) electrons. The second-order valence-corrected chi connectivity index (χ2v) is 6.57. The molecule has 0 atom stereocenters. The molecule has 156 valence electrons. The average Bonchev–Trinajstić information content (AvgIpc) is 2.66. The molecule has 0 saturated carbocycles. The van der Waals surface area contributed by atoms with Crippen molar-refractivity contribution >= 4 is 5.97 Å². The third kappa shape index (κ3) is 43.4. The van der Waals surface area contributed by atoms with Crippen molar-refractivity contribution < 1.29 is 9.90 Å². The molecule has 0 spiro atoms. The van der Waals surface area contributed by atoms with Crippen LogP contribution in [0.3, 0.4) is 0 Å². The Kier molecular flexibility index (Phi) is 43.5. The lowest BCUT2D eigenvalue weighted by molar-refractivity contribution is -0.137. The van der Waals surface area contributed by atoms with E-state index < -0.39 is 5.97 Å². The molecule has 0 aliphatic heterocycles. The molecule has 0 aromatic carbocycles. The number of hydrogen-bond donors (Lipinski definition) is 1. The molecule has 1 N–H and O–H groups in total. The lowest BCUT2D eigenvalue weighted by Crippen LogP contribution is -1.93. The van der Waals surface area contributed by atoms with E-state index in [1.54, 1.807) is 0 Å². The highest BCUT2D eigenvalue weighted by Crippen LogP contribution is 2.14. The summed E-state index contributed by atoms with van der Waals surface area (Å²) in [6.45, 7) is 22.6. The fourth-order valence-electron chi connectivity index (χ4n) is 2.60. The van der Waals surface area contributed by atoms with E-state index in [0.29, 0.717) is 6.42 Å². The fraction of sp³-hybridized carbons (Fsp3) is 0.708. The summed E-state index contributed by atoms with van der Waals surface area (Å²) in [7, 11) is 0. The van der Waals surface area contributed by atoms with Gasteiger partial charge in [-0.1, -0.05) is 90.9 Å². The lowest BCUT2D eigenvalue weighted by Gasteiger charge is -2.04. The molecule has 0 aromatic heterocycles. The second kappa shape index (κ2) is 34.9. The summed E-state index contributed by atoms with van der Waals surface area (Å²) in [5, 5.41) is 8.52. The van der Waals surface area contributed by atoms with Gasteiger partial charge in [0.2, 0.25) is 0 Å². The molecule has 0 unspecified atom stereocenters. The van der Waals surface area contributed by atoms with Crippen LogP contribution in [0.5, 0.6) is 0 Å². The number of carboxylic acids is 1. The maximum Gasteiger partial charge on any atom is 0.303 e. The zero-order chi connectivity index (χ0) is 21.1. The smallest absolute Gasteiger partial charge is 0.303 e. The topological polar surface area (TPSA) is 37.3 Å². The van der Waals surface area contributed by atoms with Gasteiger partial charge < -0.3 is 5.11 Å². The van der Waals surface area contributed by atoms with E-state index in [0.717, 1.165) is 18.8 Å². The predicted molar refractivity (Wildman–Crippen MR) is 121 cm³/mol. The minimum absolute atomic E-state index is 0.344. The van der Waals surface area contributed by atoms with Crippen LogP contribution in [0.2, 0.25) is 0 Å². The molecule has 0 aliphatic carbocycles. The van der Waals surface area contributed by atoms with E-state index >= 15 is 0 Å². The van der Waals surface area contributed by atoms with Crippen LogP contribution in [0.25, 0.3) is 0 Å². The summed E-state index contributed by atoms with van der Waals surface area (Å²) in [6.07, 6.45) is 17.3. The van der Waals surface area contributed by atoms with Crippen molar-refractivity contribution in [3.8, 4) is 0 Å². The number of carbonyl (C=O) groups is 1. The fourth-order valence-corrected chi connectivity index (χ4v) is 2.60. The van der Waals surface area contributed by atoms with Gasteiger partial charge in [-0.2, -0.15) is 0 Å². The minimum Gasteiger partial charge on any atom is -0.481 e. The normalized spacial score (nSPS) is 9.04. The molecular weight excluding hydrogens is 320 g/mol. The van der Waals surface area contributed by atoms with Crippen molar-refractivity contribution in [1.29, 1.82) is 0 Å². The first-order valence-corrected chi connectivity index (χ1v) is 10.3. The SMILES string of the molecule is C=C.C=C.C=C.CC(C)CCCCCCCCCCCCCCC(=O)O. The molecule has 2 nitrogen and oxygen atoms in total. The van der Waals surface area contributed by atoms with Gasteiger partial charge >= 0.3 is 5.97 Å². The van der Waals surface area contributed by atoms with Crippen LogP contribution >= 0.6 is 0 Å². The maximum atomic E-state index is 10.3. The number of carboxylic acid groups (broad SMARTS) is 1. The highest BCUT2D eigenvalue weighted by Gasteiger charge is 1.97. The molecule has 0 fully saturated rings. The van der Waals surface area contributed by atoms with Crippen LogP contribution in [-0.4, -0.2) is 11.1 Å². The molecule has 0 saturated heterocycles. The average molecular weight is 369 g/mol. The van der Waals surface area contributed by atoms with Gasteiger partial charge in [-0.15, -0.1) is 39.5 Å². The van der Waals surface area contributed by atoms with Crippen molar-refractivity contribution in [2.24, 2.45) is 5.92 Å². The Hall–Kier alpha value is -1.31. The minimum atomic E-state index is -0.654. The van der Waals surface area contributed by atoms with Gasteiger partial charge in [0.05, 0.1) is 0 Å². The zero-order valence-electron chi connectivity index (χ0n) is 18.1. The molecule has 26 heavy (non-hydrogen) atoms. The highest BCUT2D eigenvalue weighted by molar-refractivity contribution is 5.66. The predicted octanol–water partition coefficient (Wildman–Crippen LogP) is 8.60. The summed E-state index contributed by atoms with van der Waals surface area (Å²) < 4.78 is 0. The molecule has 0 amide bonds. The van der Waals surface area contributed by atoms with Gasteiger partial charge in [-0.3, -0.25) is 4.79 Å². The maximum absolute atomic E-state index is 10.3. The third-order valence-electron chi connectivity index (χ3n) is 3.92. The number of rotatable bonds is 15.